The number of ether oxygens (including phenoxy) is 3. The van der Waals surface area contributed by atoms with Crippen LogP contribution >= 0.6 is 0 Å². The summed E-state index contributed by atoms with van der Waals surface area (Å²) < 4.78 is 70.8. The van der Waals surface area contributed by atoms with Crippen LogP contribution in [0.15, 0.2) is 36.4 Å². The Morgan fingerprint density at radius 3 is 2.11 bits per heavy atom. The van der Waals surface area contributed by atoms with Crippen LogP contribution in [-0.2, 0) is 30.5 Å². The van der Waals surface area contributed by atoms with Crippen molar-refractivity contribution in [2.45, 2.75) is 83.2 Å². The zero-order valence-corrected chi connectivity index (χ0v) is 24.5. The molecule has 44 heavy (non-hydrogen) atoms. The number of halogens is 4. The summed E-state index contributed by atoms with van der Waals surface area (Å²) in [5.41, 5.74) is -0.0855. The molecule has 2 unspecified atom stereocenters. The summed E-state index contributed by atoms with van der Waals surface area (Å²) in [6.07, 6.45) is 0.764. The van der Waals surface area contributed by atoms with Crippen LogP contribution in [0.3, 0.4) is 0 Å². The number of benzene rings is 2. The minimum Gasteiger partial charge on any atom is -0.479 e. The van der Waals surface area contributed by atoms with Crippen LogP contribution in [0.1, 0.15) is 58.4 Å². The second kappa shape index (κ2) is 13.6. The minimum absolute atomic E-state index is 0.00765. The highest BCUT2D eigenvalue weighted by molar-refractivity contribution is 5.93. The van der Waals surface area contributed by atoms with Gasteiger partial charge in [-0.2, -0.15) is 8.78 Å². The first-order valence-corrected chi connectivity index (χ1v) is 14.2. The summed E-state index contributed by atoms with van der Waals surface area (Å²) in [5, 5.41) is 2.51. The van der Waals surface area contributed by atoms with Gasteiger partial charge in [-0.05, 0) is 52.0 Å². The lowest BCUT2D eigenvalue weighted by atomic mass is 9.89. The van der Waals surface area contributed by atoms with Gasteiger partial charge in [0.1, 0.15) is 24.9 Å². The quantitative estimate of drug-likeness (QED) is 0.226. The number of nitrogens with one attached hydrogen (secondary N) is 1. The maximum absolute atomic E-state index is 14.0. The Kier molecular flexibility index (Phi) is 10.2. The molecule has 2 amide bonds. The molecule has 1 N–H and O–H groups in total. The molecule has 2 aromatic rings. The molecule has 3 atom stereocenters. The SMILES string of the molecule is CC(C)(C)OC(=O)C[C@H](NC(=O)C1CC2CCC(C1)N2C(=O)OCc1ccccc1)C(=O)COc1c(F)c(F)cc(F)c1F. The van der Waals surface area contributed by atoms with Gasteiger partial charge in [0.05, 0.1) is 6.42 Å². The molecule has 13 heteroatoms. The Morgan fingerprint density at radius 1 is 0.955 bits per heavy atom. The maximum atomic E-state index is 14.0. The molecular formula is C31H34F4N2O7. The van der Waals surface area contributed by atoms with Gasteiger partial charge in [0.15, 0.2) is 23.2 Å². The molecule has 2 heterocycles. The molecule has 2 aliphatic heterocycles. The average molecular weight is 623 g/mol. The second-order valence-corrected chi connectivity index (χ2v) is 11.9. The predicted molar refractivity (Wildman–Crippen MR) is 147 cm³/mol. The molecule has 2 bridgehead atoms. The van der Waals surface area contributed by atoms with Crippen LogP contribution < -0.4 is 10.1 Å². The highest BCUT2D eigenvalue weighted by Gasteiger charge is 2.46. The van der Waals surface area contributed by atoms with E-state index in [1.807, 2.05) is 30.3 Å². The van der Waals surface area contributed by atoms with Crippen molar-refractivity contribution in [3.05, 3.63) is 65.2 Å². The van der Waals surface area contributed by atoms with Gasteiger partial charge in [-0.1, -0.05) is 30.3 Å². The minimum atomic E-state index is -1.84. The van der Waals surface area contributed by atoms with Crippen molar-refractivity contribution in [1.29, 1.82) is 0 Å². The van der Waals surface area contributed by atoms with Gasteiger partial charge in [0.2, 0.25) is 17.5 Å². The zero-order valence-electron chi connectivity index (χ0n) is 24.5. The van der Waals surface area contributed by atoms with Gasteiger partial charge < -0.3 is 24.4 Å². The third-order valence-electron chi connectivity index (χ3n) is 7.45. The first-order valence-electron chi connectivity index (χ1n) is 14.2. The van der Waals surface area contributed by atoms with E-state index in [-0.39, 0.29) is 37.6 Å². The molecule has 9 nitrogen and oxygen atoms in total. The van der Waals surface area contributed by atoms with E-state index in [1.165, 1.54) is 0 Å². The van der Waals surface area contributed by atoms with Gasteiger partial charge in [0, 0.05) is 24.1 Å². The molecule has 2 saturated heterocycles. The Hall–Kier alpha value is -4.16. The van der Waals surface area contributed by atoms with Crippen molar-refractivity contribution in [2.24, 2.45) is 5.92 Å². The van der Waals surface area contributed by atoms with Crippen molar-refractivity contribution in [1.82, 2.24) is 10.2 Å². The number of carbonyl (C=O) groups excluding carboxylic acids is 4. The van der Waals surface area contributed by atoms with Gasteiger partial charge in [-0.15, -0.1) is 0 Å². The number of piperidine rings is 1. The highest BCUT2D eigenvalue weighted by Crippen LogP contribution is 2.39. The van der Waals surface area contributed by atoms with Crippen molar-refractivity contribution in [2.75, 3.05) is 6.61 Å². The number of amides is 2. The highest BCUT2D eigenvalue weighted by atomic mass is 19.2. The number of rotatable bonds is 10. The van der Waals surface area contributed by atoms with Crippen molar-refractivity contribution < 1.29 is 51.0 Å². The van der Waals surface area contributed by atoms with E-state index in [1.54, 1.807) is 25.7 Å². The molecule has 2 fully saturated rings. The lowest BCUT2D eigenvalue weighted by Crippen LogP contribution is -2.52. The Bertz CT molecular complexity index is 1360. The average Bonchev–Trinajstić information content (AvgIpc) is 3.22. The molecule has 4 rings (SSSR count). The lowest BCUT2D eigenvalue weighted by Gasteiger charge is -2.38. The molecule has 0 radical (unpaired) electrons. The first kappa shape index (κ1) is 32.7. The first-order chi connectivity index (χ1) is 20.7. The second-order valence-electron chi connectivity index (χ2n) is 11.9. The molecule has 0 spiro atoms. The van der Waals surface area contributed by atoms with Gasteiger partial charge in [-0.3, -0.25) is 14.4 Å². The number of Topliss-reactive ketones (excluding diaryl/α,β-unsaturated/α-hetero) is 1. The summed E-state index contributed by atoms with van der Waals surface area (Å²) in [4.78, 5) is 53.5. The third-order valence-corrected chi connectivity index (χ3v) is 7.45. The van der Waals surface area contributed by atoms with E-state index in [0.717, 1.165) is 5.56 Å². The van der Waals surface area contributed by atoms with Crippen LogP contribution in [0.2, 0.25) is 0 Å². The predicted octanol–water partition coefficient (Wildman–Crippen LogP) is 4.99. The molecule has 0 saturated carbocycles. The number of esters is 1. The number of hydrogen-bond donors (Lipinski definition) is 1. The van der Waals surface area contributed by atoms with E-state index in [0.29, 0.717) is 12.8 Å². The fourth-order valence-electron chi connectivity index (χ4n) is 5.49. The van der Waals surface area contributed by atoms with E-state index in [2.05, 4.69) is 5.32 Å². The number of hydrogen-bond acceptors (Lipinski definition) is 7. The van der Waals surface area contributed by atoms with Crippen LogP contribution in [0.4, 0.5) is 22.4 Å². The Balaban J connectivity index is 1.41. The van der Waals surface area contributed by atoms with Gasteiger partial charge in [0.25, 0.3) is 0 Å². The molecular weight excluding hydrogens is 588 g/mol. The largest absolute Gasteiger partial charge is 0.479 e. The summed E-state index contributed by atoms with van der Waals surface area (Å²) in [5.74, 6) is -11.6. The Morgan fingerprint density at radius 2 is 1.55 bits per heavy atom. The van der Waals surface area contributed by atoms with E-state index < -0.39 is 83.4 Å². The maximum Gasteiger partial charge on any atom is 0.410 e. The zero-order chi connectivity index (χ0) is 32.2. The summed E-state index contributed by atoms with van der Waals surface area (Å²) >= 11 is 0. The van der Waals surface area contributed by atoms with E-state index >= 15 is 0 Å². The van der Waals surface area contributed by atoms with Crippen molar-refractivity contribution >= 4 is 23.8 Å². The number of carbonyl (C=O) groups is 4. The monoisotopic (exact) mass is 622 g/mol. The molecule has 0 aliphatic carbocycles. The van der Waals surface area contributed by atoms with Crippen molar-refractivity contribution in [3.63, 3.8) is 0 Å². The lowest BCUT2D eigenvalue weighted by molar-refractivity contribution is -0.156. The Labute approximate surface area is 251 Å². The fraction of sp³-hybridized carbons (Fsp3) is 0.484. The summed E-state index contributed by atoms with van der Waals surface area (Å²) in [7, 11) is 0. The molecule has 0 aromatic heterocycles. The number of fused-ring (bicyclic) bond motifs is 2. The van der Waals surface area contributed by atoms with Crippen molar-refractivity contribution in [3.8, 4) is 5.75 Å². The van der Waals surface area contributed by atoms with Gasteiger partial charge in [-0.25, -0.2) is 13.6 Å². The molecule has 2 aliphatic rings. The molecule has 2 aromatic carbocycles. The number of nitrogens with zero attached hydrogens (tertiary/aromatic N) is 1. The normalized spacial score (nSPS) is 20.1. The topological polar surface area (TPSA) is 111 Å². The van der Waals surface area contributed by atoms with Crippen LogP contribution in [-0.4, -0.2) is 59.0 Å². The van der Waals surface area contributed by atoms with E-state index in [9.17, 15) is 36.7 Å². The van der Waals surface area contributed by atoms with Crippen LogP contribution in [0.25, 0.3) is 0 Å². The molecule has 238 valence electrons. The summed E-state index contributed by atoms with van der Waals surface area (Å²) in [6, 6.07) is 7.11. The standard InChI is InChI=1S/C31H34F4N2O7/c1-31(2,3)44-25(39)14-23(24(38)16-42-28-26(34)21(32)13-22(33)27(28)35)36-29(40)18-11-19-9-10-20(12-18)37(19)30(41)43-15-17-7-5-4-6-8-17/h4-8,13,18-20,23H,9-12,14-16H2,1-3H3,(H,36,40)/t18?,19?,20?,23-/m0/s1. The van der Waals surface area contributed by atoms with Crippen LogP contribution in [0, 0.1) is 29.2 Å². The summed E-state index contributed by atoms with van der Waals surface area (Å²) in [6.45, 7) is 3.79. The van der Waals surface area contributed by atoms with Crippen LogP contribution in [0.5, 0.6) is 5.75 Å². The fourth-order valence-corrected chi connectivity index (χ4v) is 5.49. The van der Waals surface area contributed by atoms with E-state index in [4.69, 9.17) is 14.2 Å². The number of ketones is 1. The smallest absolute Gasteiger partial charge is 0.410 e. The van der Waals surface area contributed by atoms with Gasteiger partial charge >= 0.3 is 12.1 Å². The third kappa shape index (κ3) is 8.06.